The van der Waals surface area contributed by atoms with Crippen molar-refractivity contribution in [1.82, 2.24) is 5.32 Å². The first kappa shape index (κ1) is 13.4. The smallest absolute Gasteiger partial charge is 0.234 e. The monoisotopic (exact) mass is 264 g/mol. The minimum Gasteiger partial charge on any atom is -0.368 e. The first-order valence-electron chi connectivity index (χ1n) is 6.40. The predicted octanol–water partition coefficient (Wildman–Crippen LogP) is 2.08. The van der Waals surface area contributed by atoms with Crippen molar-refractivity contribution < 1.29 is 4.79 Å². The van der Waals surface area contributed by atoms with Crippen LogP contribution in [0.1, 0.15) is 24.8 Å². The average Bonchev–Trinajstić information content (AvgIpc) is 3.14. The van der Waals surface area contributed by atoms with Crippen molar-refractivity contribution in [1.29, 1.82) is 0 Å². The number of nitrogens with one attached hydrogen (secondary N) is 1. The molecule has 0 heterocycles. The van der Waals surface area contributed by atoms with Crippen molar-refractivity contribution in [3.05, 3.63) is 29.8 Å². The molecule has 3 N–H and O–H groups in total. The fourth-order valence-corrected chi connectivity index (χ4v) is 2.89. The van der Waals surface area contributed by atoms with Crippen LogP contribution in [-0.4, -0.2) is 23.7 Å². The minimum absolute atomic E-state index is 0.172. The normalized spacial score (nSPS) is 16.5. The van der Waals surface area contributed by atoms with Gasteiger partial charge in [-0.3, -0.25) is 4.79 Å². The van der Waals surface area contributed by atoms with Crippen molar-refractivity contribution in [2.75, 3.05) is 5.75 Å². The van der Waals surface area contributed by atoms with E-state index in [9.17, 15) is 4.79 Å². The minimum atomic E-state index is -0.229. The highest BCUT2D eigenvalue weighted by molar-refractivity contribution is 7.99. The van der Waals surface area contributed by atoms with E-state index in [4.69, 9.17) is 5.73 Å². The van der Waals surface area contributed by atoms with E-state index in [0.29, 0.717) is 6.04 Å². The van der Waals surface area contributed by atoms with Gasteiger partial charge in [0.15, 0.2) is 0 Å². The Bertz CT molecular complexity index is 418. The lowest BCUT2D eigenvalue weighted by Crippen LogP contribution is -2.42. The van der Waals surface area contributed by atoms with Crippen LogP contribution < -0.4 is 11.1 Å². The van der Waals surface area contributed by atoms with Gasteiger partial charge < -0.3 is 11.1 Å². The van der Waals surface area contributed by atoms with Gasteiger partial charge in [0.1, 0.15) is 0 Å². The Morgan fingerprint density at radius 2 is 2.22 bits per heavy atom. The zero-order chi connectivity index (χ0) is 13.0. The van der Waals surface area contributed by atoms with Gasteiger partial charge in [0.25, 0.3) is 0 Å². The van der Waals surface area contributed by atoms with Gasteiger partial charge in [0.2, 0.25) is 5.91 Å². The second kappa shape index (κ2) is 6.25. The molecule has 0 aromatic heterocycles. The molecule has 0 saturated heterocycles. The number of hydrogen-bond acceptors (Lipinski definition) is 3. The molecule has 1 amide bonds. The van der Waals surface area contributed by atoms with E-state index in [1.54, 1.807) is 11.8 Å². The Balaban J connectivity index is 1.79. The molecular weight excluding hydrogens is 244 g/mol. The number of hydrogen-bond donors (Lipinski definition) is 2. The molecular formula is C14H20N2OS. The number of thioether (sulfide) groups is 1. The third kappa shape index (κ3) is 4.03. The number of rotatable bonds is 7. The summed E-state index contributed by atoms with van der Waals surface area (Å²) in [5.74, 6) is 0.685. The number of primary amides is 1. The van der Waals surface area contributed by atoms with Gasteiger partial charge in [-0.1, -0.05) is 18.2 Å². The van der Waals surface area contributed by atoms with E-state index < -0.39 is 0 Å². The van der Waals surface area contributed by atoms with Crippen molar-refractivity contribution in [3.63, 3.8) is 0 Å². The van der Waals surface area contributed by atoms with Crippen LogP contribution >= 0.6 is 11.8 Å². The molecule has 3 nitrogen and oxygen atoms in total. The second-order valence-electron chi connectivity index (χ2n) is 4.80. The van der Waals surface area contributed by atoms with Crippen LogP contribution in [0, 0.1) is 6.92 Å². The highest BCUT2D eigenvalue weighted by Gasteiger charge is 2.26. The Kier molecular flexibility index (Phi) is 4.66. The number of benzene rings is 1. The van der Waals surface area contributed by atoms with Gasteiger partial charge in [0, 0.05) is 16.7 Å². The fourth-order valence-electron chi connectivity index (χ4n) is 1.85. The highest BCUT2D eigenvalue weighted by atomic mass is 32.2. The van der Waals surface area contributed by atoms with E-state index in [1.807, 2.05) is 12.1 Å². The zero-order valence-electron chi connectivity index (χ0n) is 10.7. The van der Waals surface area contributed by atoms with Crippen molar-refractivity contribution in [3.8, 4) is 0 Å². The van der Waals surface area contributed by atoms with Crippen LogP contribution in [0.3, 0.4) is 0 Å². The average molecular weight is 264 g/mol. The Morgan fingerprint density at radius 1 is 1.50 bits per heavy atom. The number of carbonyl (C=O) groups is 1. The van der Waals surface area contributed by atoms with Gasteiger partial charge >= 0.3 is 0 Å². The highest BCUT2D eigenvalue weighted by Crippen LogP contribution is 2.24. The molecule has 1 fully saturated rings. The van der Waals surface area contributed by atoms with E-state index in [0.717, 1.165) is 12.2 Å². The molecule has 2 rings (SSSR count). The van der Waals surface area contributed by atoms with Crippen molar-refractivity contribution in [2.24, 2.45) is 5.73 Å². The summed E-state index contributed by atoms with van der Waals surface area (Å²) in [7, 11) is 0. The Morgan fingerprint density at radius 3 is 2.83 bits per heavy atom. The van der Waals surface area contributed by atoms with Crippen LogP contribution in [0.5, 0.6) is 0 Å². The van der Waals surface area contributed by atoms with Crippen molar-refractivity contribution in [2.45, 2.75) is 43.2 Å². The number of nitrogens with two attached hydrogens (primary N) is 1. The van der Waals surface area contributed by atoms with Crippen molar-refractivity contribution >= 4 is 17.7 Å². The molecule has 0 radical (unpaired) electrons. The largest absolute Gasteiger partial charge is 0.368 e. The fraction of sp³-hybridized carbons (Fsp3) is 0.500. The number of carbonyl (C=O) groups excluding carboxylic acids is 1. The first-order chi connectivity index (χ1) is 8.66. The summed E-state index contributed by atoms with van der Waals surface area (Å²) in [5, 5.41) is 3.30. The molecule has 98 valence electrons. The molecule has 1 aromatic rings. The molecule has 0 bridgehead atoms. The summed E-state index contributed by atoms with van der Waals surface area (Å²) in [5.41, 5.74) is 6.70. The van der Waals surface area contributed by atoms with Crippen LogP contribution in [0.2, 0.25) is 0 Å². The second-order valence-corrected chi connectivity index (χ2v) is 5.94. The van der Waals surface area contributed by atoms with Gasteiger partial charge in [-0.05, 0) is 37.8 Å². The molecule has 1 aromatic carbocycles. The number of aryl methyl sites for hydroxylation is 1. The van der Waals surface area contributed by atoms with Gasteiger partial charge in [0.05, 0.1) is 6.04 Å². The van der Waals surface area contributed by atoms with Gasteiger partial charge in [-0.15, -0.1) is 11.8 Å². The summed E-state index contributed by atoms with van der Waals surface area (Å²) in [4.78, 5) is 12.6. The Labute approximate surface area is 113 Å². The molecule has 1 aliphatic carbocycles. The third-order valence-corrected chi connectivity index (χ3v) is 4.32. The third-order valence-electron chi connectivity index (χ3n) is 3.12. The quantitative estimate of drug-likeness (QED) is 0.741. The van der Waals surface area contributed by atoms with Crippen LogP contribution in [0.25, 0.3) is 0 Å². The van der Waals surface area contributed by atoms with E-state index in [2.05, 4.69) is 24.4 Å². The lowest BCUT2D eigenvalue weighted by Gasteiger charge is -2.14. The number of amides is 1. The lowest BCUT2D eigenvalue weighted by atomic mass is 10.2. The maximum absolute atomic E-state index is 11.3. The summed E-state index contributed by atoms with van der Waals surface area (Å²) in [6.07, 6.45) is 3.15. The SMILES string of the molecule is Cc1ccccc1SCCC(NC1CC1)C(N)=O. The first-order valence-corrected chi connectivity index (χ1v) is 7.39. The summed E-state index contributed by atoms with van der Waals surface area (Å²) < 4.78 is 0. The standard InChI is InChI=1S/C14H20N2OS/c1-10-4-2-3-5-13(10)18-9-8-12(14(15)17)16-11-6-7-11/h2-5,11-12,16H,6-9H2,1H3,(H2,15,17). The molecule has 4 heteroatoms. The molecule has 1 unspecified atom stereocenters. The topological polar surface area (TPSA) is 55.1 Å². The summed E-state index contributed by atoms with van der Waals surface area (Å²) in [6.45, 7) is 2.11. The maximum Gasteiger partial charge on any atom is 0.234 e. The summed E-state index contributed by atoms with van der Waals surface area (Å²) in [6, 6.07) is 8.66. The maximum atomic E-state index is 11.3. The molecule has 1 atom stereocenters. The molecule has 0 aliphatic heterocycles. The van der Waals surface area contributed by atoms with E-state index in [1.165, 1.54) is 23.3 Å². The zero-order valence-corrected chi connectivity index (χ0v) is 11.5. The molecule has 1 aliphatic rings. The van der Waals surface area contributed by atoms with Gasteiger partial charge in [-0.2, -0.15) is 0 Å². The van der Waals surface area contributed by atoms with Crippen LogP contribution in [0.4, 0.5) is 0 Å². The van der Waals surface area contributed by atoms with Crippen LogP contribution in [0.15, 0.2) is 29.2 Å². The molecule has 18 heavy (non-hydrogen) atoms. The van der Waals surface area contributed by atoms with E-state index in [-0.39, 0.29) is 11.9 Å². The molecule has 0 spiro atoms. The summed E-state index contributed by atoms with van der Waals surface area (Å²) >= 11 is 1.79. The molecule has 1 saturated carbocycles. The van der Waals surface area contributed by atoms with E-state index >= 15 is 0 Å². The Hall–Kier alpha value is -1.00. The van der Waals surface area contributed by atoms with Gasteiger partial charge in [-0.25, -0.2) is 0 Å². The lowest BCUT2D eigenvalue weighted by molar-refractivity contribution is -0.120. The predicted molar refractivity (Wildman–Crippen MR) is 75.7 cm³/mol. The van der Waals surface area contributed by atoms with Crippen LogP contribution in [-0.2, 0) is 4.79 Å².